The smallest absolute Gasteiger partial charge is 0.327 e. The van der Waals surface area contributed by atoms with Crippen LogP contribution < -0.4 is 21.5 Å². The highest BCUT2D eigenvalue weighted by molar-refractivity contribution is 5.38. The van der Waals surface area contributed by atoms with Gasteiger partial charge in [-0.1, -0.05) is 0 Å². The second kappa shape index (κ2) is 5.73. The molecule has 4 rings (SSSR count). The molecule has 0 spiro atoms. The largest absolute Gasteiger partial charge is 0.356 e. The summed E-state index contributed by atoms with van der Waals surface area (Å²) in [6, 6.07) is 6.79. The van der Waals surface area contributed by atoms with Crippen molar-refractivity contribution in [2.75, 3.05) is 18.0 Å². The van der Waals surface area contributed by atoms with Gasteiger partial charge in [0.2, 0.25) is 0 Å². The summed E-state index contributed by atoms with van der Waals surface area (Å²) in [6.07, 6.45) is 5.74. The number of rotatable bonds is 5. The van der Waals surface area contributed by atoms with Crippen LogP contribution in [0.15, 0.2) is 34.0 Å². The van der Waals surface area contributed by atoms with Crippen LogP contribution in [0.25, 0.3) is 0 Å². The molecule has 0 radical (unpaired) electrons. The van der Waals surface area contributed by atoms with Crippen molar-refractivity contribution >= 4 is 5.82 Å². The predicted octanol–water partition coefficient (Wildman–Crippen LogP) is 0.568. The fourth-order valence-corrected chi connectivity index (χ4v) is 3.31. The second-order valence-electron chi connectivity index (χ2n) is 6.42. The molecule has 3 heterocycles. The van der Waals surface area contributed by atoms with E-state index in [9.17, 15) is 9.59 Å². The first-order chi connectivity index (χ1) is 11.2. The Labute approximate surface area is 133 Å². The van der Waals surface area contributed by atoms with Gasteiger partial charge in [-0.2, -0.15) is 0 Å². The normalized spacial score (nSPS) is 21.0. The molecule has 2 aromatic rings. The van der Waals surface area contributed by atoms with Gasteiger partial charge in [0, 0.05) is 49.7 Å². The van der Waals surface area contributed by atoms with Crippen molar-refractivity contribution in [3.63, 3.8) is 0 Å². The van der Waals surface area contributed by atoms with E-state index in [0.29, 0.717) is 17.9 Å². The Hall–Kier alpha value is -2.28. The molecule has 23 heavy (non-hydrogen) atoms. The molecular weight excluding hydrogens is 294 g/mol. The molecule has 0 aromatic carbocycles. The van der Waals surface area contributed by atoms with Gasteiger partial charge in [-0.15, -0.1) is 0 Å². The van der Waals surface area contributed by atoms with Gasteiger partial charge in [0.25, 0.3) is 5.56 Å². The number of anilines is 1. The van der Waals surface area contributed by atoms with E-state index >= 15 is 0 Å². The Morgan fingerprint density at radius 1 is 1.22 bits per heavy atom. The summed E-state index contributed by atoms with van der Waals surface area (Å²) >= 11 is 0. The average Bonchev–Trinajstić information content (AvgIpc) is 3.07. The zero-order valence-corrected chi connectivity index (χ0v) is 12.9. The lowest BCUT2D eigenvalue weighted by atomic mass is 10.2. The van der Waals surface area contributed by atoms with Crippen LogP contribution in [0.3, 0.4) is 0 Å². The maximum absolute atomic E-state index is 11.4. The molecule has 122 valence electrons. The molecule has 2 aromatic heterocycles. The molecule has 7 nitrogen and oxygen atoms in total. The van der Waals surface area contributed by atoms with Gasteiger partial charge >= 0.3 is 5.69 Å². The fraction of sp³-hybridized carbons (Fsp3) is 0.500. The van der Waals surface area contributed by atoms with Crippen LogP contribution in [0.2, 0.25) is 0 Å². The maximum Gasteiger partial charge on any atom is 0.327 e. The third-order valence-corrected chi connectivity index (χ3v) is 4.65. The Kier molecular flexibility index (Phi) is 3.57. The van der Waals surface area contributed by atoms with Gasteiger partial charge in [0.15, 0.2) is 0 Å². The first-order valence-corrected chi connectivity index (χ1v) is 8.17. The molecular formula is C16H21N5O2. The highest BCUT2D eigenvalue weighted by Crippen LogP contribution is 2.36. The molecule has 1 aliphatic carbocycles. The topological polar surface area (TPSA) is 85.9 Å². The van der Waals surface area contributed by atoms with E-state index in [4.69, 9.17) is 0 Å². The van der Waals surface area contributed by atoms with Crippen LogP contribution in [0.1, 0.15) is 31.0 Å². The lowest BCUT2D eigenvalue weighted by Crippen LogP contribution is -2.34. The average molecular weight is 315 g/mol. The van der Waals surface area contributed by atoms with Gasteiger partial charge in [0.05, 0.1) is 0 Å². The molecule has 1 aliphatic heterocycles. The number of nitrogens with zero attached hydrogens (tertiary/aromatic N) is 2. The maximum atomic E-state index is 11.4. The zero-order chi connectivity index (χ0) is 15.8. The predicted molar refractivity (Wildman–Crippen MR) is 87.8 cm³/mol. The van der Waals surface area contributed by atoms with E-state index in [0.717, 1.165) is 26.1 Å². The van der Waals surface area contributed by atoms with E-state index < -0.39 is 5.69 Å². The number of hydrogen-bond acceptors (Lipinski definition) is 4. The van der Waals surface area contributed by atoms with Crippen molar-refractivity contribution in [2.45, 2.75) is 37.9 Å². The number of aromatic nitrogens is 3. The van der Waals surface area contributed by atoms with Crippen molar-refractivity contribution < 1.29 is 0 Å². The van der Waals surface area contributed by atoms with Gasteiger partial charge < -0.3 is 14.8 Å². The van der Waals surface area contributed by atoms with Crippen LogP contribution in [-0.4, -0.2) is 33.7 Å². The summed E-state index contributed by atoms with van der Waals surface area (Å²) in [5, 5.41) is 3.60. The summed E-state index contributed by atoms with van der Waals surface area (Å²) in [4.78, 5) is 29.7. The quantitative estimate of drug-likeness (QED) is 0.753. The Balaban J connectivity index is 1.37. The van der Waals surface area contributed by atoms with Crippen LogP contribution in [0.5, 0.6) is 0 Å². The highest BCUT2D eigenvalue weighted by atomic mass is 16.2. The molecule has 0 unspecified atom stereocenters. The van der Waals surface area contributed by atoms with Crippen LogP contribution in [-0.2, 0) is 6.54 Å². The molecule has 0 amide bonds. The van der Waals surface area contributed by atoms with Gasteiger partial charge in [0.1, 0.15) is 5.82 Å². The number of hydrogen-bond donors (Lipinski definition) is 3. The van der Waals surface area contributed by atoms with E-state index in [1.807, 2.05) is 4.90 Å². The Morgan fingerprint density at radius 3 is 2.87 bits per heavy atom. The highest BCUT2D eigenvalue weighted by Gasteiger charge is 2.26. The van der Waals surface area contributed by atoms with Crippen LogP contribution in [0.4, 0.5) is 5.82 Å². The molecule has 7 heteroatoms. The van der Waals surface area contributed by atoms with E-state index in [1.54, 1.807) is 0 Å². The van der Waals surface area contributed by atoms with Crippen molar-refractivity contribution in [2.24, 2.45) is 0 Å². The monoisotopic (exact) mass is 315 g/mol. The summed E-state index contributed by atoms with van der Waals surface area (Å²) < 4.78 is 2.37. The first kappa shape index (κ1) is 14.3. The lowest BCUT2D eigenvalue weighted by Gasteiger charge is -2.18. The van der Waals surface area contributed by atoms with Crippen LogP contribution >= 0.6 is 0 Å². The zero-order valence-electron chi connectivity index (χ0n) is 12.9. The Morgan fingerprint density at radius 2 is 2.09 bits per heavy atom. The Bertz CT molecular complexity index is 773. The van der Waals surface area contributed by atoms with Crippen molar-refractivity contribution in [1.82, 2.24) is 19.9 Å². The summed E-state index contributed by atoms with van der Waals surface area (Å²) in [5.41, 5.74) is 0.518. The first-order valence-electron chi connectivity index (χ1n) is 8.17. The lowest BCUT2D eigenvalue weighted by molar-refractivity contribution is 0.529. The summed E-state index contributed by atoms with van der Waals surface area (Å²) in [5.74, 6) is 0.601. The molecule has 2 fully saturated rings. The third kappa shape index (κ3) is 3.10. The van der Waals surface area contributed by atoms with Gasteiger partial charge in [-0.3, -0.25) is 14.8 Å². The van der Waals surface area contributed by atoms with E-state index in [2.05, 4.69) is 38.2 Å². The minimum Gasteiger partial charge on any atom is -0.356 e. The standard InChI is InChI=1S/C16H21N5O2/c22-15-8-14(18-16(23)19-15)20-7-5-11(10-20)17-9-13-2-1-6-21(13)12-3-4-12/h1-2,6,8,11-12,17H,3-5,7,9-10H2,(H2,18,19,22,23)/t11-/m1/s1. The minimum atomic E-state index is -0.453. The summed E-state index contributed by atoms with van der Waals surface area (Å²) in [7, 11) is 0. The summed E-state index contributed by atoms with van der Waals surface area (Å²) in [6.45, 7) is 2.48. The van der Waals surface area contributed by atoms with Crippen molar-refractivity contribution in [3.8, 4) is 0 Å². The molecule has 2 aliphatic rings. The van der Waals surface area contributed by atoms with Crippen molar-refractivity contribution in [1.29, 1.82) is 0 Å². The van der Waals surface area contributed by atoms with Crippen LogP contribution in [0, 0.1) is 0 Å². The van der Waals surface area contributed by atoms with Gasteiger partial charge in [-0.05, 0) is 31.4 Å². The molecule has 1 saturated heterocycles. The second-order valence-corrected chi connectivity index (χ2v) is 6.42. The van der Waals surface area contributed by atoms with E-state index in [-0.39, 0.29) is 5.56 Å². The molecule has 1 atom stereocenters. The van der Waals surface area contributed by atoms with Gasteiger partial charge in [-0.25, -0.2) is 4.79 Å². The number of aromatic amines is 2. The molecule has 3 N–H and O–H groups in total. The van der Waals surface area contributed by atoms with E-state index in [1.165, 1.54) is 24.6 Å². The molecule has 1 saturated carbocycles. The SMILES string of the molecule is O=c1cc(N2CC[C@@H](NCc3cccn3C3CC3)C2)[nH]c(=O)[nH]1. The third-order valence-electron chi connectivity index (χ3n) is 4.65. The van der Waals surface area contributed by atoms with Crippen molar-refractivity contribution in [3.05, 3.63) is 50.9 Å². The molecule has 0 bridgehead atoms. The fourth-order valence-electron chi connectivity index (χ4n) is 3.31. The number of nitrogens with one attached hydrogen (secondary N) is 3. The number of H-pyrrole nitrogens is 2. The minimum absolute atomic E-state index is 0.359.